The minimum Gasteiger partial charge on any atom is -0.342 e. The van der Waals surface area contributed by atoms with Gasteiger partial charge in [0.2, 0.25) is 5.91 Å². The number of hydrogen-bond donors (Lipinski definition) is 0. The van der Waals surface area contributed by atoms with E-state index in [4.69, 9.17) is 11.6 Å². The minimum atomic E-state index is -0.0899. The van der Waals surface area contributed by atoms with E-state index in [1.165, 1.54) is 31.0 Å². The van der Waals surface area contributed by atoms with Gasteiger partial charge in [0.25, 0.3) is 5.56 Å². The van der Waals surface area contributed by atoms with Gasteiger partial charge in [-0.2, -0.15) is 0 Å². The van der Waals surface area contributed by atoms with Crippen molar-refractivity contribution in [2.45, 2.75) is 57.1 Å². The van der Waals surface area contributed by atoms with Gasteiger partial charge in [-0.05, 0) is 44.9 Å². The van der Waals surface area contributed by atoms with E-state index in [1.807, 2.05) is 18.7 Å². The summed E-state index contributed by atoms with van der Waals surface area (Å²) in [5, 5.41) is 1.67. The van der Waals surface area contributed by atoms with E-state index in [9.17, 15) is 9.59 Å². The number of fused-ring (bicyclic) bond motifs is 1. The zero-order chi connectivity index (χ0) is 19.4. The Kier molecular flexibility index (Phi) is 6.82. The molecule has 0 aliphatic carbocycles. The van der Waals surface area contributed by atoms with Crippen LogP contribution < -0.4 is 5.56 Å². The Morgan fingerprint density at radius 2 is 1.85 bits per heavy atom. The molecule has 27 heavy (non-hydrogen) atoms. The molecule has 0 N–H and O–H groups in total. The summed E-state index contributed by atoms with van der Waals surface area (Å²) in [5.74, 6) is 0.420. The van der Waals surface area contributed by atoms with Gasteiger partial charge in [0.15, 0.2) is 5.16 Å². The highest BCUT2D eigenvalue weighted by Crippen LogP contribution is 2.23. The van der Waals surface area contributed by atoms with E-state index >= 15 is 0 Å². The van der Waals surface area contributed by atoms with Gasteiger partial charge < -0.3 is 4.90 Å². The summed E-state index contributed by atoms with van der Waals surface area (Å²) >= 11 is 7.41. The molecule has 146 valence electrons. The van der Waals surface area contributed by atoms with Gasteiger partial charge in [-0.15, -0.1) is 0 Å². The third kappa shape index (κ3) is 4.85. The molecule has 0 atom stereocenters. The Morgan fingerprint density at radius 3 is 2.52 bits per heavy atom. The molecule has 1 saturated heterocycles. The lowest BCUT2D eigenvalue weighted by Gasteiger charge is -2.25. The molecule has 0 bridgehead atoms. The number of thioether (sulfide) groups is 1. The summed E-state index contributed by atoms with van der Waals surface area (Å²) in [6.07, 6.45) is 5.79. The Bertz CT molecular complexity index is 873. The van der Waals surface area contributed by atoms with Crippen LogP contribution in [0.2, 0.25) is 5.02 Å². The predicted octanol–water partition coefficient (Wildman–Crippen LogP) is 4.52. The molecule has 7 heteroatoms. The van der Waals surface area contributed by atoms with Crippen LogP contribution in [0, 0.1) is 0 Å². The highest BCUT2D eigenvalue weighted by molar-refractivity contribution is 7.99. The van der Waals surface area contributed by atoms with Crippen LogP contribution in [0.25, 0.3) is 10.9 Å². The Labute approximate surface area is 169 Å². The Hall–Kier alpha value is -1.53. The summed E-state index contributed by atoms with van der Waals surface area (Å²) in [6, 6.07) is 5.08. The van der Waals surface area contributed by atoms with Gasteiger partial charge in [-0.1, -0.05) is 42.6 Å². The van der Waals surface area contributed by atoms with Crippen LogP contribution in [-0.4, -0.2) is 39.2 Å². The summed E-state index contributed by atoms with van der Waals surface area (Å²) in [5.41, 5.74) is 0.485. The average Bonchev–Trinajstić information content (AvgIpc) is 2.58. The van der Waals surface area contributed by atoms with Crippen LogP contribution in [0.5, 0.6) is 0 Å². The van der Waals surface area contributed by atoms with Gasteiger partial charge in [0.05, 0.1) is 16.7 Å². The third-order valence-electron chi connectivity index (χ3n) is 4.88. The Balaban J connectivity index is 1.83. The van der Waals surface area contributed by atoms with Gasteiger partial charge in [-0.3, -0.25) is 14.2 Å². The number of nitrogens with zero attached hydrogens (tertiary/aromatic N) is 3. The zero-order valence-electron chi connectivity index (χ0n) is 15.9. The van der Waals surface area contributed by atoms with E-state index in [-0.39, 0.29) is 17.5 Å². The molecule has 2 aromatic rings. The van der Waals surface area contributed by atoms with Crippen LogP contribution in [0.4, 0.5) is 0 Å². The van der Waals surface area contributed by atoms with Crippen LogP contribution in [-0.2, 0) is 4.79 Å². The summed E-state index contributed by atoms with van der Waals surface area (Å²) in [4.78, 5) is 32.2. The largest absolute Gasteiger partial charge is 0.342 e. The van der Waals surface area contributed by atoms with Crippen LogP contribution in [0.1, 0.15) is 52.0 Å². The smallest absolute Gasteiger partial charge is 0.262 e. The first kappa shape index (κ1) is 20.2. The molecule has 5 nitrogen and oxygen atoms in total. The van der Waals surface area contributed by atoms with Gasteiger partial charge in [-0.25, -0.2) is 4.98 Å². The van der Waals surface area contributed by atoms with Gasteiger partial charge in [0.1, 0.15) is 0 Å². The van der Waals surface area contributed by atoms with Gasteiger partial charge in [0, 0.05) is 24.2 Å². The van der Waals surface area contributed by atoms with Crippen LogP contribution >= 0.6 is 23.4 Å². The lowest BCUT2D eigenvalue weighted by Crippen LogP contribution is -2.35. The molecule has 0 radical (unpaired) electrons. The van der Waals surface area contributed by atoms with Crippen molar-refractivity contribution in [1.29, 1.82) is 0 Å². The first-order chi connectivity index (χ1) is 13.0. The number of likely N-dealkylation sites (tertiary alicyclic amines) is 1. The number of aromatic nitrogens is 2. The molecule has 1 fully saturated rings. The van der Waals surface area contributed by atoms with Crippen molar-refractivity contribution in [2.24, 2.45) is 0 Å². The van der Waals surface area contributed by atoms with E-state index in [1.54, 1.807) is 22.8 Å². The number of hydrogen-bond acceptors (Lipinski definition) is 4. The average molecular weight is 408 g/mol. The number of rotatable bonds is 4. The quantitative estimate of drug-likeness (QED) is 0.552. The summed E-state index contributed by atoms with van der Waals surface area (Å²) in [6.45, 7) is 5.57. The molecular weight excluding hydrogens is 382 g/mol. The maximum absolute atomic E-state index is 12.9. The predicted molar refractivity (Wildman–Crippen MR) is 112 cm³/mol. The minimum absolute atomic E-state index is 0.0376. The number of carbonyl (C=O) groups excluding carboxylic acids is 1. The number of halogens is 1. The summed E-state index contributed by atoms with van der Waals surface area (Å²) in [7, 11) is 0. The molecule has 0 saturated carbocycles. The SMILES string of the molecule is CC(C)n1c(SCC(=O)N2CCCCCCC2)nc2cc(Cl)ccc2c1=O. The molecule has 2 heterocycles. The second kappa shape index (κ2) is 9.11. The zero-order valence-corrected chi connectivity index (χ0v) is 17.5. The van der Waals surface area contributed by atoms with Crippen molar-refractivity contribution in [3.63, 3.8) is 0 Å². The molecule has 0 spiro atoms. The van der Waals surface area contributed by atoms with Crippen LogP contribution in [0.15, 0.2) is 28.2 Å². The van der Waals surface area contributed by atoms with Crippen molar-refractivity contribution in [2.75, 3.05) is 18.8 Å². The van der Waals surface area contributed by atoms with E-state index in [2.05, 4.69) is 4.98 Å². The standard InChI is InChI=1S/C20H26ClN3O2S/c1-14(2)24-19(26)16-9-8-15(21)12-17(16)22-20(24)27-13-18(25)23-10-6-4-3-5-7-11-23/h8-9,12,14H,3-7,10-11,13H2,1-2H3. The van der Waals surface area contributed by atoms with Crippen LogP contribution in [0.3, 0.4) is 0 Å². The first-order valence-corrected chi connectivity index (χ1v) is 11.0. The molecule has 1 aliphatic heterocycles. The Morgan fingerprint density at radius 1 is 1.19 bits per heavy atom. The normalized spacial score (nSPS) is 15.8. The van der Waals surface area contributed by atoms with Crippen molar-refractivity contribution in [1.82, 2.24) is 14.5 Å². The number of carbonyl (C=O) groups is 1. The van der Waals surface area contributed by atoms with Crippen molar-refractivity contribution < 1.29 is 4.79 Å². The fourth-order valence-electron chi connectivity index (χ4n) is 3.42. The molecule has 1 aliphatic rings. The van der Waals surface area contributed by atoms with E-state index in [0.29, 0.717) is 26.8 Å². The summed E-state index contributed by atoms with van der Waals surface area (Å²) < 4.78 is 1.67. The molecule has 3 rings (SSSR count). The number of benzene rings is 1. The highest BCUT2D eigenvalue weighted by Gasteiger charge is 2.19. The lowest BCUT2D eigenvalue weighted by molar-refractivity contribution is -0.128. The van der Waals surface area contributed by atoms with Crippen molar-refractivity contribution in [3.05, 3.63) is 33.6 Å². The topological polar surface area (TPSA) is 55.2 Å². The van der Waals surface area contributed by atoms with Crippen molar-refractivity contribution in [3.8, 4) is 0 Å². The maximum Gasteiger partial charge on any atom is 0.262 e. The highest BCUT2D eigenvalue weighted by atomic mass is 35.5. The second-order valence-electron chi connectivity index (χ2n) is 7.26. The van der Waals surface area contributed by atoms with Gasteiger partial charge >= 0.3 is 0 Å². The fourth-order valence-corrected chi connectivity index (χ4v) is 4.62. The monoisotopic (exact) mass is 407 g/mol. The maximum atomic E-state index is 12.9. The molecule has 1 amide bonds. The third-order valence-corrected chi connectivity index (χ3v) is 6.05. The van der Waals surface area contributed by atoms with Crippen molar-refractivity contribution >= 4 is 40.2 Å². The first-order valence-electron chi connectivity index (χ1n) is 9.60. The fraction of sp³-hybridized carbons (Fsp3) is 0.550. The molecule has 1 aromatic carbocycles. The number of amides is 1. The molecule has 0 unspecified atom stereocenters. The lowest BCUT2D eigenvalue weighted by atomic mass is 10.1. The molecular formula is C20H26ClN3O2S. The van der Waals surface area contributed by atoms with E-state index in [0.717, 1.165) is 25.9 Å². The second-order valence-corrected chi connectivity index (χ2v) is 8.64. The molecule has 1 aromatic heterocycles. The van der Waals surface area contributed by atoms with E-state index < -0.39 is 0 Å².